The van der Waals surface area contributed by atoms with E-state index in [1.165, 1.54) is 11.1 Å². The van der Waals surface area contributed by atoms with E-state index in [4.69, 9.17) is 4.74 Å². The van der Waals surface area contributed by atoms with E-state index in [2.05, 4.69) is 38.2 Å². The number of hydrogen-bond donors (Lipinski definition) is 1. The van der Waals surface area contributed by atoms with Crippen LogP contribution >= 0.6 is 0 Å². The van der Waals surface area contributed by atoms with E-state index in [-0.39, 0.29) is 5.78 Å². The van der Waals surface area contributed by atoms with Gasteiger partial charge in [0.05, 0.1) is 6.61 Å². The van der Waals surface area contributed by atoms with Gasteiger partial charge >= 0.3 is 0 Å². The van der Waals surface area contributed by atoms with Gasteiger partial charge in [-0.05, 0) is 67.8 Å². The first-order valence-electron chi connectivity index (χ1n) is 8.37. The quantitative estimate of drug-likeness (QED) is 0.407. The molecule has 2 aromatic rings. The second-order valence-corrected chi connectivity index (χ2v) is 5.87. The van der Waals surface area contributed by atoms with E-state index in [1.807, 2.05) is 18.2 Å². The molecule has 0 aliphatic heterocycles. The topological polar surface area (TPSA) is 38.3 Å². The Morgan fingerprint density at radius 3 is 2.50 bits per heavy atom. The van der Waals surface area contributed by atoms with Crippen LogP contribution in [0.1, 0.15) is 41.3 Å². The summed E-state index contributed by atoms with van der Waals surface area (Å²) >= 11 is 0. The number of benzene rings is 2. The summed E-state index contributed by atoms with van der Waals surface area (Å²) in [6, 6.07) is 13.4. The highest BCUT2D eigenvalue weighted by atomic mass is 16.5. The largest absolute Gasteiger partial charge is 0.494 e. The molecule has 24 heavy (non-hydrogen) atoms. The molecular formula is C21H25NO2. The van der Waals surface area contributed by atoms with Crippen LogP contribution in [0, 0.1) is 13.8 Å². The number of allylic oxidation sites excluding steroid dienone is 1. The molecule has 0 amide bonds. The van der Waals surface area contributed by atoms with Gasteiger partial charge in [-0.2, -0.15) is 0 Å². The van der Waals surface area contributed by atoms with Crippen molar-refractivity contribution in [1.82, 2.24) is 0 Å². The minimum Gasteiger partial charge on any atom is -0.494 e. The highest BCUT2D eigenvalue weighted by Gasteiger charge is 2.02. The Hall–Kier alpha value is -2.55. The van der Waals surface area contributed by atoms with E-state index in [1.54, 1.807) is 24.4 Å². The maximum absolute atomic E-state index is 12.2. The molecule has 0 fully saturated rings. The molecule has 3 nitrogen and oxygen atoms in total. The first kappa shape index (κ1) is 17.8. The normalized spacial score (nSPS) is 10.8. The third-order valence-electron chi connectivity index (χ3n) is 3.90. The highest BCUT2D eigenvalue weighted by molar-refractivity contribution is 6.04. The van der Waals surface area contributed by atoms with Gasteiger partial charge in [0.15, 0.2) is 5.78 Å². The van der Waals surface area contributed by atoms with Crippen LogP contribution in [0.2, 0.25) is 0 Å². The van der Waals surface area contributed by atoms with Crippen molar-refractivity contribution < 1.29 is 9.53 Å². The Kier molecular flexibility index (Phi) is 6.62. The van der Waals surface area contributed by atoms with E-state index in [0.29, 0.717) is 12.2 Å². The van der Waals surface area contributed by atoms with Crippen molar-refractivity contribution in [2.24, 2.45) is 0 Å². The van der Waals surface area contributed by atoms with Crippen LogP contribution in [0.4, 0.5) is 5.69 Å². The second kappa shape index (κ2) is 8.92. The average molecular weight is 323 g/mol. The first-order chi connectivity index (χ1) is 11.6. The third-order valence-corrected chi connectivity index (χ3v) is 3.90. The van der Waals surface area contributed by atoms with Crippen LogP contribution in [-0.4, -0.2) is 12.4 Å². The van der Waals surface area contributed by atoms with Crippen LogP contribution in [0.5, 0.6) is 5.75 Å². The zero-order chi connectivity index (χ0) is 17.4. The lowest BCUT2D eigenvalue weighted by atomic mass is 10.1. The molecule has 0 aliphatic carbocycles. The van der Waals surface area contributed by atoms with Crippen LogP contribution in [-0.2, 0) is 0 Å². The van der Waals surface area contributed by atoms with E-state index < -0.39 is 0 Å². The Labute approximate surface area is 144 Å². The van der Waals surface area contributed by atoms with Crippen molar-refractivity contribution in [3.05, 3.63) is 71.4 Å². The molecule has 0 aromatic heterocycles. The molecule has 0 atom stereocenters. The molecule has 0 radical (unpaired) electrons. The van der Waals surface area contributed by atoms with Crippen LogP contribution < -0.4 is 10.1 Å². The first-order valence-corrected chi connectivity index (χ1v) is 8.37. The Balaban J connectivity index is 1.90. The van der Waals surface area contributed by atoms with Crippen LogP contribution in [0.3, 0.4) is 0 Å². The standard InChI is InChI=1S/C21H25NO2/c1-4-5-14-24-20-10-7-18(8-11-20)21(23)12-13-22-19-9-6-16(2)17(3)15-19/h6-13,15,22H,4-5,14H2,1-3H3/b13-12+. The monoisotopic (exact) mass is 323 g/mol. The zero-order valence-electron chi connectivity index (χ0n) is 14.6. The van der Waals surface area contributed by atoms with Gasteiger partial charge in [0.1, 0.15) is 5.75 Å². The smallest absolute Gasteiger partial charge is 0.187 e. The number of aryl methyl sites for hydroxylation is 2. The van der Waals surface area contributed by atoms with Crippen molar-refractivity contribution in [3.8, 4) is 5.75 Å². The molecule has 2 rings (SSSR count). The molecule has 0 bridgehead atoms. The number of nitrogens with one attached hydrogen (secondary N) is 1. The van der Waals surface area contributed by atoms with Gasteiger partial charge in [-0.3, -0.25) is 4.79 Å². The molecule has 0 aliphatic rings. The predicted molar refractivity (Wildman–Crippen MR) is 99.9 cm³/mol. The maximum atomic E-state index is 12.2. The molecule has 0 spiro atoms. The zero-order valence-corrected chi connectivity index (χ0v) is 14.6. The lowest BCUT2D eigenvalue weighted by Crippen LogP contribution is -1.99. The molecule has 126 valence electrons. The van der Waals surface area contributed by atoms with Gasteiger partial charge in [-0.25, -0.2) is 0 Å². The maximum Gasteiger partial charge on any atom is 0.187 e. The second-order valence-electron chi connectivity index (χ2n) is 5.87. The number of rotatable bonds is 8. The SMILES string of the molecule is CCCCOc1ccc(C(=O)/C=C/Nc2ccc(C)c(C)c2)cc1. The minimum atomic E-state index is -0.0357. The minimum absolute atomic E-state index is 0.0357. The average Bonchev–Trinajstić information content (AvgIpc) is 2.59. The summed E-state index contributed by atoms with van der Waals surface area (Å²) in [5, 5.41) is 3.13. The molecule has 0 saturated heterocycles. The number of carbonyl (C=O) groups is 1. The van der Waals surface area contributed by atoms with Gasteiger partial charge in [-0.15, -0.1) is 0 Å². The van der Waals surface area contributed by atoms with Crippen molar-refractivity contribution in [1.29, 1.82) is 0 Å². The van der Waals surface area contributed by atoms with Gasteiger partial charge in [0, 0.05) is 23.5 Å². The van der Waals surface area contributed by atoms with Gasteiger partial charge < -0.3 is 10.1 Å². The van der Waals surface area contributed by atoms with E-state index in [9.17, 15) is 4.79 Å². The number of ketones is 1. The van der Waals surface area contributed by atoms with E-state index >= 15 is 0 Å². The lowest BCUT2D eigenvalue weighted by Gasteiger charge is -2.06. The molecule has 0 saturated carbocycles. The molecular weight excluding hydrogens is 298 g/mol. The summed E-state index contributed by atoms with van der Waals surface area (Å²) in [5.74, 6) is 0.767. The van der Waals surface area contributed by atoms with Crippen molar-refractivity contribution in [2.75, 3.05) is 11.9 Å². The summed E-state index contributed by atoms with van der Waals surface area (Å²) in [4.78, 5) is 12.2. The Bertz CT molecular complexity index is 702. The third kappa shape index (κ3) is 5.27. The Morgan fingerprint density at radius 1 is 1.08 bits per heavy atom. The summed E-state index contributed by atoms with van der Waals surface area (Å²) < 4.78 is 5.60. The summed E-state index contributed by atoms with van der Waals surface area (Å²) in [5.41, 5.74) is 4.10. The summed E-state index contributed by atoms with van der Waals surface area (Å²) in [6.45, 7) is 6.99. The van der Waals surface area contributed by atoms with Crippen molar-refractivity contribution >= 4 is 11.5 Å². The fourth-order valence-electron chi connectivity index (χ4n) is 2.19. The molecule has 2 aromatic carbocycles. The van der Waals surface area contributed by atoms with Crippen LogP contribution in [0.25, 0.3) is 0 Å². The summed E-state index contributed by atoms with van der Waals surface area (Å²) in [6.07, 6.45) is 5.36. The van der Waals surface area contributed by atoms with Crippen molar-refractivity contribution in [2.45, 2.75) is 33.6 Å². The Morgan fingerprint density at radius 2 is 1.83 bits per heavy atom. The lowest BCUT2D eigenvalue weighted by molar-refractivity contribution is 0.104. The number of ether oxygens (including phenoxy) is 1. The molecule has 0 unspecified atom stereocenters. The molecule has 0 heterocycles. The molecule has 3 heteroatoms. The van der Waals surface area contributed by atoms with Gasteiger partial charge in [0.2, 0.25) is 0 Å². The van der Waals surface area contributed by atoms with Gasteiger partial charge in [-0.1, -0.05) is 19.4 Å². The fraction of sp³-hybridized carbons (Fsp3) is 0.286. The number of carbonyl (C=O) groups excluding carboxylic acids is 1. The highest BCUT2D eigenvalue weighted by Crippen LogP contribution is 2.15. The number of anilines is 1. The summed E-state index contributed by atoms with van der Waals surface area (Å²) in [7, 11) is 0. The number of unbranched alkanes of at least 4 members (excludes halogenated alkanes) is 1. The van der Waals surface area contributed by atoms with Crippen LogP contribution in [0.15, 0.2) is 54.7 Å². The van der Waals surface area contributed by atoms with Gasteiger partial charge in [0.25, 0.3) is 0 Å². The fourth-order valence-corrected chi connectivity index (χ4v) is 2.19. The number of hydrogen-bond acceptors (Lipinski definition) is 3. The predicted octanol–water partition coefficient (Wildman–Crippen LogP) is 5.29. The van der Waals surface area contributed by atoms with Crippen molar-refractivity contribution in [3.63, 3.8) is 0 Å². The molecule has 1 N–H and O–H groups in total. The van der Waals surface area contributed by atoms with E-state index in [0.717, 1.165) is 24.3 Å².